The zero-order valence-corrected chi connectivity index (χ0v) is 11.8. The second-order valence-corrected chi connectivity index (χ2v) is 5.67. The van der Waals surface area contributed by atoms with Crippen LogP contribution in [0.15, 0.2) is 18.2 Å². The van der Waals surface area contributed by atoms with Gasteiger partial charge in [-0.25, -0.2) is 0 Å². The molecular weight excluding hydrogens is 248 g/mol. The Balaban J connectivity index is 1.97. The van der Waals surface area contributed by atoms with Gasteiger partial charge in [0.25, 0.3) is 0 Å². The number of likely N-dealkylation sites (tertiary alicyclic amines) is 1. The van der Waals surface area contributed by atoms with Crippen molar-refractivity contribution in [3.63, 3.8) is 0 Å². The standard InChI is InChI=1S/C14H21ClN2O/c1-16-7-3-4-12(10-16)17(2)9-11-5-6-14(18)13(15)8-11/h5-6,8,12,18H,3-4,7,9-10H2,1-2H3. The van der Waals surface area contributed by atoms with Crippen LogP contribution in [0.1, 0.15) is 18.4 Å². The first kappa shape index (κ1) is 13.7. The zero-order chi connectivity index (χ0) is 13.1. The maximum absolute atomic E-state index is 9.41. The smallest absolute Gasteiger partial charge is 0.134 e. The SMILES string of the molecule is CN1CCCC(N(C)Cc2ccc(O)c(Cl)c2)C1. The highest BCUT2D eigenvalue weighted by atomic mass is 35.5. The number of likely N-dealkylation sites (N-methyl/N-ethyl adjacent to an activating group) is 2. The highest BCUT2D eigenvalue weighted by Crippen LogP contribution is 2.25. The molecule has 1 atom stereocenters. The van der Waals surface area contributed by atoms with Crippen molar-refractivity contribution >= 4 is 11.6 Å². The van der Waals surface area contributed by atoms with Gasteiger partial charge in [-0.05, 0) is 51.2 Å². The van der Waals surface area contributed by atoms with Gasteiger partial charge in [-0.15, -0.1) is 0 Å². The summed E-state index contributed by atoms with van der Waals surface area (Å²) < 4.78 is 0. The first-order chi connectivity index (χ1) is 8.56. The third-order valence-electron chi connectivity index (χ3n) is 3.67. The summed E-state index contributed by atoms with van der Waals surface area (Å²) in [6, 6.07) is 6.05. The fraction of sp³-hybridized carbons (Fsp3) is 0.571. The summed E-state index contributed by atoms with van der Waals surface area (Å²) in [6.07, 6.45) is 2.52. The summed E-state index contributed by atoms with van der Waals surface area (Å²) in [4.78, 5) is 4.76. The summed E-state index contributed by atoms with van der Waals surface area (Å²) in [6.45, 7) is 3.20. The first-order valence-electron chi connectivity index (χ1n) is 6.42. The summed E-state index contributed by atoms with van der Waals surface area (Å²) in [5, 5.41) is 9.84. The van der Waals surface area contributed by atoms with Crippen molar-refractivity contribution in [1.82, 2.24) is 9.80 Å². The van der Waals surface area contributed by atoms with E-state index in [9.17, 15) is 5.11 Å². The number of phenolic OH excluding ortho intramolecular Hbond substituents is 1. The summed E-state index contributed by atoms with van der Waals surface area (Å²) in [5.41, 5.74) is 1.15. The Morgan fingerprint density at radius 1 is 1.50 bits per heavy atom. The molecule has 0 bridgehead atoms. The number of hydrogen-bond donors (Lipinski definition) is 1. The van der Waals surface area contributed by atoms with Crippen molar-refractivity contribution in [2.45, 2.75) is 25.4 Å². The fourth-order valence-electron chi connectivity index (χ4n) is 2.56. The molecule has 0 aromatic heterocycles. The molecule has 1 N–H and O–H groups in total. The summed E-state index contributed by atoms with van der Waals surface area (Å²) in [7, 11) is 4.34. The van der Waals surface area contributed by atoms with Gasteiger partial charge in [0.2, 0.25) is 0 Å². The Kier molecular flexibility index (Phi) is 4.49. The van der Waals surface area contributed by atoms with Crippen molar-refractivity contribution < 1.29 is 5.11 Å². The molecule has 1 heterocycles. The molecule has 0 radical (unpaired) electrons. The minimum Gasteiger partial charge on any atom is -0.506 e. The highest BCUT2D eigenvalue weighted by molar-refractivity contribution is 6.32. The van der Waals surface area contributed by atoms with E-state index in [0.717, 1.165) is 18.7 Å². The average Bonchev–Trinajstić information content (AvgIpc) is 2.34. The molecule has 1 saturated heterocycles. The second-order valence-electron chi connectivity index (χ2n) is 5.26. The van der Waals surface area contributed by atoms with Crippen molar-refractivity contribution in [2.24, 2.45) is 0 Å². The molecule has 0 spiro atoms. The van der Waals surface area contributed by atoms with E-state index in [-0.39, 0.29) is 5.75 Å². The molecule has 100 valence electrons. The van der Waals surface area contributed by atoms with Crippen LogP contribution in [-0.4, -0.2) is 48.1 Å². The largest absolute Gasteiger partial charge is 0.506 e. The monoisotopic (exact) mass is 268 g/mol. The molecule has 0 saturated carbocycles. The Morgan fingerprint density at radius 2 is 2.28 bits per heavy atom. The summed E-state index contributed by atoms with van der Waals surface area (Å²) in [5.74, 6) is 0.153. The molecule has 0 aliphatic carbocycles. The lowest BCUT2D eigenvalue weighted by molar-refractivity contribution is 0.129. The summed E-state index contributed by atoms with van der Waals surface area (Å²) >= 11 is 5.93. The minimum absolute atomic E-state index is 0.153. The fourth-order valence-corrected chi connectivity index (χ4v) is 2.77. The van der Waals surface area contributed by atoms with Crippen LogP contribution in [0.5, 0.6) is 5.75 Å². The average molecular weight is 269 g/mol. The van der Waals surface area contributed by atoms with E-state index in [0.29, 0.717) is 11.1 Å². The van der Waals surface area contributed by atoms with Crippen LogP contribution in [0, 0.1) is 0 Å². The quantitative estimate of drug-likeness (QED) is 0.913. The molecule has 1 aliphatic rings. The van der Waals surface area contributed by atoms with E-state index < -0.39 is 0 Å². The van der Waals surface area contributed by atoms with Gasteiger partial charge < -0.3 is 10.0 Å². The van der Waals surface area contributed by atoms with Crippen LogP contribution in [0.4, 0.5) is 0 Å². The van der Waals surface area contributed by atoms with Crippen molar-refractivity contribution in [2.75, 3.05) is 27.2 Å². The molecule has 18 heavy (non-hydrogen) atoms. The van der Waals surface area contributed by atoms with E-state index in [1.807, 2.05) is 12.1 Å². The number of phenols is 1. The van der Waals surface area contributed by atoms with Gasteiger partial charge in [0.05, 0.1) is 5.02 Å². The van der Waals surface area contributed by atoms with E-state index in [1.165, 1.54) is 19.4 Å². The van der Waals surface area contributed by atoms with Crippen LogP contribution in [0.3, 0.4) is 0 Å². The molecule has 1 fully saturated rings. The number of hydrogen-bond acceptors (Lipinski definition) is 3. The predicted molar refractivity (Wildman–Crippen MR) is 75.1 cm³/mol. The van der Waals surface area contributed by atoms with Crippen LogP contribution in [0.25, 0.3) is 0 Å². The lowest BCUT2D eigenvalue weighted by Crippen LogP contribution is -2.44. The van der Waals surface area contributed by atoms with Crippen LogP contribution >= 0.6 is 11.6 Å². The van der Waals surface area contributed by atoms with Gasteiger partial charge in [-0.1, -0.05) is 17.7 Å². The molecule has 4 heteroatoms. The first-order valence-corrected chi connectivity index (χ1v) is 6.80. The third-order valence-corrected chi connectivity index (χ3v) is 3.97. The Morgan fingerprint density at radius 3 is 2.94 bits per heavy atom. The number of rotatable bonds is 3. The predicted octanol–water partition coefficient (Wildman–Crippen LogP) is 2.57. The lowest BCUT2D eigenvalue weighted by atomic mass is 10.0. The molecule has 1 aromatic rings. The van der Waals surface area contributed by atoms with Gasteiger partial charge in [-0.3, -0.25) is 4.90 Å². The van der Waals surface area contributed by atoms with Crippen LogP contribution < -0.4 is 0 Å². The van der Waals surface area contributed by atoms with Gasteiger partial charge in [0, 0.05) is 19.1 Å². The van der Waals surface area contributed by atoms with E-state index in [4.69, 9.17) is 11.6 Å². The van der Waals surface area contributed by atoms with Crippen LogP contribution in [-0.2, 0) is 6.54 Å². The number of piperidine rings is 1. The zero-order valence-electron chi connectivity index (χ0n) is 11.1. The molecule has 0 amide bonds. The van der Waals surface area contributed by atoms with Crippen LogP contribution in [0.2, 0.25) is 5.02 Å². The Labute approximate surface area is 114 Å². The highest BCUT2D eigenvalue weighted by Gasteiger charge is 2.21. The molecule has 2 rings (SSSR count). The van der Waals surface area contributed by atoms with Gasteiger partial charge in [0.1, 0.15) is 5.75 Å². The van der Waals surface area contributed by atoms with Gasteiger partial charge >= 0.3 is 0 Å². The second kappa shape index (κ2) is 5.91. The maximum Gasteiger partial charge on any atom is 0.134 e. The van der Waals surface area contributed by atoms with Gasteiger partial charge in [-0.2, -0.15) is 0 Å². The lowest BCUT2D eigenvalue weighted by Gasteiger charge is -2.35. The van der Waals surface area contributed by atoms with Gasteiger partial charge in [0.15, 0.2) is 0 Å². The maximum atomic E-state index is 9.41. The van der Waals surface area contributed by atoms with Crippen molar-refractivity contribution in [3.05, 3.63) is 28.8 Å². The number of benzene rings is 1. The topological polar surface area (TPSA) is 26.7 Å². The van der Waals surface area contributed by atoms with Crippen molar-refractivity contribution in [1.29, 1.82) is 0 Å². The number of halogens is 1. The molecule has 1 aliphatic heterocycles. The normalized spacial score (nSPS) is 21.4. The molecule has 3 nitrogen and oxygen atoms in total. The van der Waals surface area contributed by atoms with Crippen molar-refractivity contribution in [3.8, 4) is 5.75 Å². The minimum atomic E-state index is 0.153. The third kappa shape index (κ3) is 3.37. The number of aromatic hydroxyl groups is 1. The van der Waals surface area contributed by atoms with E-state index in [1.54, 1.807) is 6.07 Å². The molecule has 1 unspecified atom stereocenters. The molecule has 1 aromatic carbocycles. The van der Waals surface area contributed by atoms with E-state index in [2.05, 4.69) is 23.9 Å². The molecular formula is C14H21ClN2O. The van der Waals surface area contributed by atoms with E-state index >= 15 is 0 Å². The number of nitrogens with zero attached hydrogens (tertiary/aromatic N) is 2. The Hall–Kier alpha value is -0.770. The Bertz CT molecular complexity index is 411.